The van der Waals surface area contributed by atoms with Crippen molar-refractivity contribution in [3.05, 3.63) is 71.4 Å². The second kappa shape index (κ2) is 18.6. The molecule has 2 fully saturated rings. The predicted octanol–water partition coefficient (Wildman–Crippen LogP) is 8.69. The molecule has 1 aliphatic heterocycles. The van der Waals surface area contributed by atoms with Crippen LogP contribution in [0.4, 0.5) is 0 Å². The molecule has 2 bridgehead atoms. The third-order valence-electron chi connectivity index (χ3n) is 14.6. The van der Waals surface area contributed by atoms with Gasteiger partial charge in [0, 0.05) is 42.1 Å². The van der Waals surface area contributed by atoms with Crippen molar-refractivity contribution >= 4 is 5.97 Å². The molecule has 0 saturated heterocycles. The van der Waals surface area contributed by atoms with Crippen molar-refractivity contribution in [3.63, 3.8) is 0 Å². The van der Waals surface area contributed by atoms with Crippen LogP contribution in [0.3, 0.4) is 0 Å². The maximum atomic E-state index is 13.2. The van der Waals surface area contributed by atoms with E-state index in [1.165, 1.54) is 30.4 Å². The lowest BCUT2D eigenvalue weighted by Gasteiger charge is -2.46. The summed E-state index contributed by atoms with van der Waals surface area (Å²) in [6.07, 6.45) is 27.3. The van der Waals surface area contributed by atoms with Gasteiger partial charge in [-0.3, -0.25) is 4.79 Å². The number of aromatic nitrogens is 1. The number of carboxylic acid groups (broad SMARTS) is 1. The summed E-state index contributed by atoms with van der Waals surface area (Å²) in [4.78, 5) is 16.9. The molecule has 6 rings (SSSR count). The van der Waals surface area contributed by atoms with Gasteiger partial charge in [0.15, 0.2) is 0 Å². The predicted molar refractivity (Wildman–Crippen MR) is 221 cm³/mol. The zero-order chi connectivity index (χ0) is 39.3. The second-order valence-corrected chi connectivity index (χ2v) is 18.9. The highest BCUT2D eigenvalue weighted by Gasteiger charge is 2.59. The number of carbonyl (C=O) groups is 1. The molecular formula is C47H73N3O5. The minimum absolute atomic E-state index is 0.0345. The van der Waals surface area contributed by atoms with Crippen molar-refractivity contribution in [1.82, 2.24) is 10.3 Å². The zero-order valence-corrected chi connectivity index (χ0v) is 34.2. The Balaban J connectivity index is 1.24. The maximum Gasteiger partial charge on any atom is 0.309 e. The number of fused-ring (bicyclic) bond motifs is 1. The van der Waals surface area contributed by atoms with Crippen molar-refractivity contribution in [1.29, 1.82) is 0 Å². The third-order valence-corrected chi connectivity index (χ3v) is 14.6. The Kier molecular flexibility index (Phi) is 14.2. The maximum absolute atomic E-state index is 13.2. The summed E-state index contributed by atoms with van der Waals surface area (Å²) in [5, 5.41) is 50.0. The van der Waals surface area contributed by atoms with Gasteiger partial charge in [0.2, 0.25) is 0 Å². The van der Waals surface area contributed by atoms with E-state index in [1.54, 1.807) is 0 Å². The number of hydrogen-bond donors (Lipinski definition) is 7. The molecule has 8 N–H and O–H groups in total. The molecule has 1 aromatic heterocycles. The first-order valence-electron chi connectivity index (χ1n) is 22.1. The number of carboxylic acids is 1. The summed E-state index contributed by atoms with van der Waals surface area (Å²) in [5.74, 6) is -0.0747. The van der Waals surface area contributed by atoms with E-state index in [0.717, 1.165) is 69.9 Å². The average Bonchev–Trinajstić information content (AvgIpc) is 3.73. The molecular weight excluding hydrogens is 687 g/mol. The van der Waals surface area contributed by atoms with Crippen LogP contribution < -0.4 is 11.1 Å². The van der Waals surface area contributed by atoms with Crippen molar-refractivity contribution < 1.29 is 25.2 Å². The Hall–Kier alpha value is -2.81. The molecule has 2 heterocycles. The monoisotopic (exact) mass is 760 g/mol. The molecule has 8 nitrogen and oxygen atoms in total. The van der Waals surface area contributed by atoms with Crippen LogP contribution in [0.25, 0.3) is 0 Å². The number of unbranched alkanes of at least 4 members (excludes halogenated alkanes) is 3. The molecule has 0 radical (unpaired) electrons. The number of rotatable bonds is 16. The van der Waals surface area contributed by atoms with Gasteiger partial charge < -0.3 is 36.5 Å². The fourth-order valence-corrected chi connectivity index (χ4v) is 11.7. The summed E-state index contributed by atoms with van der Waals surface area (Å²) in [6, 6.07) is 2.33. The molecule has 0 amide bonds. The standard InChI is InChI=1S/C47H73N3O5/c1-5-6-7-10-31-13-14-33(42(51)23-31)11-8-9-12-34-15-17-38(41-26-37(28-50-41)30(4)21-29(2)3)40-25-36(22-32-19-20-49-43(48)24-32)39-18-16-35(27-47(39,40)55)45(52)44(34)46(53)54/h13-14,16,18-19,24,26,28-31,33-36,38-40,42,44-45,49-52,55H,5-12,15,17,20-23,25,27,48H2,1-4H3,(H,53,54)/t30-,31+,33+,34+,35+,36-,38+,39+,40-,42+,44+,45-,47-/m1/s1. The molecule has 4 aliphatic carbocycles. The number of aliphatic hydroxyl groups excluding tert-OH is 2. The van der Waals surface area contributed by atoms with Crippen LogP contribution >= 0.6 is 0 Å². The summed E-state index contributed by atoms with van der Waals surface area (Å²) in [7, 11) is 0. The number of nitrogens with one attached hydrogen (secondary N) is 2. The van der Waals surface area contributed by atoms with Gasteiger partial charge in [0.25, 0.3) is 0 Å². The van der Waals surface area contributed by atoms with Crippen molar-refractivity contribution in [2.24, 2.45) is 59.0 Å². The Morgan fingerprint density at radius 2 is 1.76 bits per heavy atom. The number of H-pyrrole nitrogens is 1. The fourth-order valence-electron chi connectivity index (χ4n) is 11.7. The number of aromatic amines is 1. The molecule has 0 aromatic carbocycles. The second-order valence-electron chi connectivity index (χ2n) is 18.9. The van der Waals surface area contributed by atoms with Gasteiger partial charge >= 0.3 is 5.97 Å². The van der Waals surface area contributed by atoms with Gasteiger partial charge in [-0.2, -0.15) is 0 Å². The normalized spacial score (nSPS) is 36.6. The highest BCUT2D eigenvalue weighted by molar-refractivity contribution is 5.71. The van der Waals surface area contributed by atoms with E-state index < -0.39 is 29.5 Å². The minimum Gasteiger partial charge on any atom is -0.481 e. The van der Waals surface area contributed by atoms with E-state index in [2.05, 4.69) is 74.6 Å². The van der Waals surface area contributed by atoms with Crippen LogP contribution in [0.15, 0.2) is 60.1 Å². The van der Waals surface area contributed by atoms with Gasteiger partial charge in [-0.25, -0.2) is 0 Å². The van der Waals surface area contributed by atoms with Crippen molar-refractivity contribution in [2.45, 2.75) is 154 Å². The topological polar surface area (TPSA) is 152 Å². The minimum atomic E-state index is -1.07. The summed E-state index contributed by atoms with van der Waals surface area (Å²) in [6.45, 7) is 9.74. The van der Waals surface area contributed by atoms with Gasteiger partial charge in [-0.15, -0.1) is 0 Å². The molecule has 8 heteroatoms. The van der Waals surface area contributed by atoms with Crippen molar-refractivity contribution in [2.75, 3.05) is 6.54 Å². The first kappa shape index (κ1) is 41.8. The average molecular weight is 760 g/mol. The highest BCUT2D eigenvalue weighted by atomic mass is 16.4. The number of nitrogens with two attached hydrogens (primary N) is 1. The van der Waals surface area contributed by atoms with Crippen molar-refractivity contribution in [3.8, 4) is 0 Å². The van der Waals surface area contributed by atoms with E-state index in [9.17, 15) is 25.2 Å². The van der Waals surface area contributed by atoms with E-state index in [0.29, 0.717) is 43.0 Å². The summed E-state index contributed by atoms with van der Waals surface area (Å²) >= 11 is 0. The summed E-state index contributed by atoms with van der Waals surface area (Å²) in [5.41, 5.74) is 8.75. The Bertz CT molecular complexity index is 1540. The lowest BCUT2D eigenvalue weighted by atomic mass is 9.62. The number of dihydropyridines is 1. The fraction of sp³-hybridized carbons (Fsp3) is 0.723. The number of aliphatic carboxylic acids is 1. The van der Waals surface area contributed by atoms with Crippen LogP contribution in [0.2, 0.25) is 0 Å². The van der Waals surface area contributed by atoms with Crippen LogP contribution in [0, 0.1) is 53.3 Å². The lowest BCUT2D eigenvalue weighted by molar-refractivity contribution is -0.153. The van der Waals surface area contributed by atoms with E-state index >= 15 is 0 Å². The van der Waals surface area contributed by atoms with E-state index in [4.69, 9.17) is 5.73 Å². The molecule has 0 unspecified atom stereocenters. The molecule has 5 aliphatic rings. The first-order valence-corrected chi connectivity index (χ1v) is 22.1. The quantitative estimate of drug-likeness (QED) is 0.0658. The molecule has 13 atom stereocenters. The molecule has 0 spiro atoms. The van der Waals surface area contributed by atoms with Gasteiger partial charge in [0.1, 0.15) is 0 Å². The van der Waals surface area contributed by atoms with Gasteiger partial charge in [-0.1, -0.05) is 90.2 Å². The van der Waals surface area contributed by atoms with Crippen LogP contribution in [-0.2, 0) is 4.79 Å². The van der Waals surface area contributed by atoms with E-state index in [1.807, 2.05) is 12.2 Å². The largest absolute Gasteiger partial charge is 0.481 e. The Morgan fingerprint density at radius 3 is 2.49 bits per heavy atom. The smallest absolute Gasteiger partial charge is 0.309 e. The van der Waals surface area contributed by atoms with Gasteiger partial charge in [-0.05, 0) is 123 Å². The number of allylic oxidation sites excluding steroid dienone is 3. The highest BCUT2D eigenvalue weighted by Crippen LogP contribution is 2.59. The Labute approximate surface area is 331 Å². The SMILES string of the molecule is CCCCC[C@H]1C=C[C@H](CCCC[C@H]2CC[C@H](c3cc([C@H](C)CC(C)C)c[nH]3)[C@H]3C[C@@H](CC4=CCNC(N)=C4)[C@@H]4C=C[C@@H](C[C@]34O)[C@@H](O)[C@H]2C(=O)O)[C@@H](O)C1. The molecule has 55 heavy (non-hydrogen) atoms. The van der Waals surface area contributed by atoms with Crippen LogP contribution in [-0.4, -0.2) is 55.7 Å². The van der Waals surface area contributed by atoms with E-state index in [-0.39, 0.29) is 41.6 Å². The zero-order valence-electron chi connectivity index (χ0n) is 34.2. The summed E-state index contributed by atoms with van der Waals surface area (Å²) < 4.78 is 0. The molecule has 306 valence electrons. The van der Waals surface area contributed by atoms with Crippen LogP contribution in [0.5, 0.6) is 0 Å². The Morgan fingerprint density at radius 1 is 0.982 bits per heavy atom. The number of hydrogen-bond acceptors (Lipinski definition) is 6. The van der Waals surface area contributed by atoms with Crippen LogP contribution in [0.1, 0.15) is 147 Å². The first-order chi connectivity index (χ1) is 26.4. The lowest BCUT2D eigenvalue weighted by Crippen LogP contribution is -2.50. The van der Waals surface area contributed by atoms with Gasteiger partial charge in [0.05, 0.1) is 29.5 Å². The number of aliphatic hydroxyl groups is 3. The molecule has 1 aromatic rings. The third kappa shape index (κ3) is 9.84. The molecule has 2 saturated carbocycles.